The molecule has 1 aliphatic rings. The van der Waals surface area contributed by atoms with Gasteiger partial charge in [-0.25, -0.2) is 4.98 Å². The van der Waals surface area contributed by atoms with Crippen LogP contribution in [-0.2, 0) is 6.54 Å². The number of hydrogen-bond donors (Lipinski definition) is 1. The molecule has 96 valence electrons. The van der Waals surface area contributed by atoms with Gasteiger partial charge in [0, 0.05) is 31.5 Å². The van der Waals surface area contributed by atoms with Gasteiger partial charge in [0.05, 0.1) is 0 Å². The Morgan fingerprint density at radius 2 is 2.24 bits per heavy atom. The highest BCUT2D eigenvalue weighted by atomic mass is 15.3. The Morgan fingerprint density at radius 1 is 1.47 bits per heavy atom. The minimum atomic E-state index is 0.675. The lowest BCUT2D eigenvalue weighted by atomic mass is 10.2. The normalized spacial score (nSPS) is 16.6. The van der Waals surface area contributed by atoms with E-state index in [1.54, 1.807) is 0 Å². The van der Waals surface area contributed by atoms with Crippen molar-refractivity contribution in [3.05, 3.63) is 12.4 Å². The maximum Gasteiger partial charge on any atom is 0.205 e. The maximum absolute atomic E-state index is 5.65. The Morgan fingerprint density at radius 3 is 2.88 bits per heavy atom. The molecular weight excluding hydrogens is 212 g/mol. The van der Waals surface area contributed by atoms with Crippen LogP contribution in [0.5, 0.6) is 0 Å². The van der Waals surface area contributed by atoms with Crippen molar-refractivity contribution < 1.29 is 0 Å². The summed E-state index contributed by atoms with van der Waals surface area (Å²) in [7, 11) is 0. The highest BCUT2D eigenvalue weighted by Gasteiger charge is 2.24. The van der Waals surface area contributed by atoms with Crippen LogP contribution < -0.4 is 10.6 Å². The molecule has 1 aliphatic carbocycles. The Labute approximate surface area is 104 Å². The van der Waals surface area contributed by atoms with E-state index in [-0.39, 0.29) is 0 Å². The molecule has 0 amide bonds. The second kappa shape index (κ2) is 6.05. The first-order valence-corrected chi connectivity index (χ1v) is 6.84. The molecule has 0 radical (unpaired) electrons. The number of rotatable bonds is 6. The number of anilines is 1. The van der Waals surface area contributed by atoms with Gasteiger partial charge in [-0.05, 0) is 32.7 Å². The topological polar surface area (TPSA) is 47.1 Å². The Balaban J connectivity index is 2.13. The quantitative estimate of drug-likeness (QED) is 0.822. The van der Waals surface area contributed by atoms with E-state index < -0.39 is 0 Å². The van der Waals surface area contributed by atoms with Gasteiger partial charge >= 0.3 is 0 Å². The second-order valence-corrected chi connectivity index (χ2v) is 4.79. The average Bonchev–Trinajstić information content (AvgIpc) is 3.00. The van der Waals surface area contributed by atoms with Gasteiger partial charge in [0.1, 0.15) is 0 Å². The number of aromatic nitrogens is 2. The van der Waals surface area contributed by atoms with E-state index in [0.29, 0.717) is 6.04 Å². The van der Waals surface area contributed by atoms with Gasteiger partial charge in [-0.1, -0.05) is 12.8 Å². The predicted molar refractivity (Wildman–Crippen MR) is 71.2 cm³/mol. The fraction of sp³-hybridized carbons (Fsp3) is 0.769. The van der Waals surface area contributed by atoms with Gasteiger partial charge in [0.15, 0.2) is 0 Å². The van der Waals surface area contributed by atoms with Crippen LogP contribution in [0, 0.1) is 0 Å². The largest absolute Gasteiger partial charge is 0.339 e. The molecule has 17 heavy (non-hydrogen) atoms. The smallest absolute Gasteiger partial charge is 0.205 e. The van der Waals surface area contributed by atoms with Crippen molar-refractivity contribution in [2.24, 2.45) is 5.73 Å². The van der Waals surface area contributed by atoms with E-state index in [4.69, 9.17) is 5.73 Å². The maximum atomic E-state index is 5.65. The summed E-state index contributed by atoms with van der Waals surface area (Å²) in [4.78, 5) is 7.01. The van der Waals surface area contributed by atoms with Crippen LogP contribution >= 0.6 is 0 Å². The van der Waals surface area contributed by atoms with Crippen LogP contribution in [0.3, 0.4) is 0 Å². The van der Waals surface area contributed by atoms with Crippen molar-refractivity contribution in [2.45, 2.75) is 51.6 Å². The molecule has 1 saturated carbocycles. The van der Waals surface area contributed by atoms with E-state index in [9.17, 15) is 0 Å². The molecule has 0 aliphatic heterocycles. The zero-order valence-corrected chi connectivity index (χ0v) is 10.8. The minimum Gasteiger partial charge on any atom is -0.339 e. The molecule has 1 aromatic rings. The van der Waals surface area contributed by atoms with Crippen molar-refractivity contribution in [2.75, 3.05) is 18.0 Å². The Kier molecular flexibility index (Phi) is 4.42. The van der Waals surface area contributed by atoms with E-state index in [1.807, 2.05) is 6.20 Å². The molecule has 2 rings (SSSR count). The summed E-state index contributed by atoms with van der Waals surface area (Å²) < 4.78 is 2.23. The Bertz CT molecular complexity index is 328. The second-order valence-electron chi connectivity index (χ2n) is 4.79. The molecule has 0 saturated heterocycles. The number of aryl methyl sites for hydroxylation is 1. The summed E-state index contributed by atoms with van der Waals surface area (Å²) in [5.41, 5.74) is 5.65. The average molecular weight is 236 g/mol. The SMILES string of the molecule is CCn1ccnc1N(CCCN)C1CCCC1. The molecular formula is C13H24N4. The Hall–Kier alpha value is -1.03. The van der Waals surface area contributed by atoms with Crippen LogP contribution in [0.2, 0.25) is 0 Å². The van der Waals surface area contributed by atoms with Crippen LogP contribution in [0.15, 0.2) is 12.4 Å². The number of nitrogens with two attached hydrogens (primary N) is 1. The first-order valence-electron chi connectivity index (χ1n) is 6.84. The van der Waals surface area contributed by atoms with Gasteiger partial charge < -0.3 is 15.2 Å². The summed E-state index contributed by atoms with van der Waals surface area (Å²) in [6.07, 6.45) is 10.4. The lowest BCUT2D eigenvalue weighted by molar-refractivity contribution is 0.563. The van der Waals surface area contributed by atoms with Crippen molar-refractivity contribution >= 4 is 5.95 Å². The van der Waals surface area contributed by atoms with Gasteiger partial charge in [-0.15, -0.1) is 0 Å². The minimum absolute atomic E-state index is 0.675. The molecule has 2 N–H and O–H groups in total. The highest BCUT2D eigenvalue weighted by molar-refractivity contribution is 5.33. The third kappa shape index (κ3) is 2.80. The van der Waals surface area contributed by atoms with Crippen molar-refractivity contribution in [3.8, 4) is 0 Å². The summed E-state index contributed by atoms with van der Waals surface area (Å²) >= 11 is 0. The van der Waals surface area contributed by atoms with Crippen molar-refractivity contribution in [1.82, 2.24) is 9.55 Å². The van der Waals surface area contributed by atoms with Crippen LogP contribution in [-0.4, -0.2) is 28.7 Å². The fourth-order valence-electron chi connectivity index (χ4n) is 2.73. The lowest BCUT2D eigenvalue weighted by Crippen LogP contribution is -2.37. The zero-order chi connectivity index (χ0) is 12.1. The monoisotopic (exact) mass is 236 g/mol. The third-order valence-electron chi connectivity index (χ3n) is 3.66. The van der Waals surface area contributed by atoms with Crippen molar-refractivity contribution in [1.29, 1.82) is 0 Å². The van der Waals surface area contributed by atoms with Gasteiger partial charge in [0.2, 0.25) is 5.95 Å². The molecule has 0 bridgehead atoms. The van der Waals surface area contributed by atoms with Crippen LogP contribution in [0.4, 0.5) is 5.95 Å². The summed E-state index contributed by atoms with van der Waals surface area (Å²) in [5, 5.41) is 0. The number of nitrogens with zero attached hydrogens (tertiary/aromatic N) is 3. The molecule has 1 aromatic heterocycles. The van der Waals surface area contributed by atoms with E-state index in [0.717, 1.165) is 32.0 Å². The lowest BCUT2D eigenvalue weighted by Gasteiger charge is -2.30. The molecule has 1 heterocycles. The molecule has 4 nitrogen and oxygen atoms in total. The van der Waals surface area contributed by atoms with E-state index in [1.165, 1.54) is 25.7 Å². The first-order chi connectivity index (χ1) is 8.36. The molecule has 0 unspecified atom stereocenters. The van der Waals surface area contributed by atoms with Gasteiger partial charge in [-0.3, -0.25) is 0 Å². The summed E-state index contributed by atoms with van der Waals surface area (Å²) in [6, 6.07) is 0.675. The molecule has 0 spiro atoms. The number of hydrogen-bond acceptors (Lipinski definition) is 3. The first kappa shape index (κ1) is 12.4. The number of imidazole rings is 1. The van der Waals surface area contributed by atoms with Crippen LogP contribution in [0.25, 0.3) is 0 Å². The van der Waals surface area contributed by atoms with Crippen LogP contribution in [0.1, 0.15) is 39.0 Å². The summed E-state index contributed by atoms with van der Waals surface area (Å²) in [6.45, 7) is 4.95. The zero-order valence-electron chi connectivity index (χ0n) is 10.8. The standard InChI is InChI=1S/C13H24N4/c1-2-16-11-9-15-13(16)17(10-5-8-14)12-6-3-4-7-12/h9,11-12H,2-8,10,14H2,1H3. The van der Waals surface area contributed by atoms with E-state index >= 15 is 0 Å². The molecule has 0 atom stereocenters. The molecule has 4 heteroatoms. The van der Waals surface area contributed by atoms with Gasteiger partial charge in [-0.2, -0.15) is 0 Å². The van der Waals surface area contributed by atoms with Gasteiger partial charge in [0.25, 0.3) is 0 Å². The fourth-order valence-corrected chi connectivity index (χ4v) is 2.73. The third-order valence-corrected chi connectivity index (χ3v) is 3.66. The highest BCUT2D eigenvalue weighted by Crippen LogP contribution is 2.27. The molecule has 0 aromatic carbocycles. The predicted octanol–water partition coefficient (Wildman–Crippen LogP) is 2.00. The molecule has 1 fully saturated rings. The summed E-state index contributed by atoms with van der Waals surface area (Å²) in [5.74, 6) is 1.13. The van der Waals surface area contributed by atoms with E-state index in [2.05, 4.69) is 27.6 Å². The van der Waals surface area contributed by atoms with Crippen molar-refractivity contribution in [3.63, 3.8) is 0 Å².